The molecule has 2 amide bonds. The Morgan fingerprint density at radius 2 is 2.11 bits per heavy atom. The summed E-state index contributed by atoms with van der Waals surface area (Å²) in [6.07, 6.45) is 4.16. The molecule has 1 aromatic rings. The second kappa shape index (κ2) is 5.03. The molecule has 1 saturated heterocycles. The molecule has 1 aliphatic heterocycles. The van der Waals surface area contributed by atoms with E-state index in [0.29, 0.717) is 19.5 Å². The van der Waals surface area contributed by atoms with Crippen LogP contribution < -0.4 is 5.32 Å². The van der Waals surface area contributed by atoms with E-state index in [2.05, 4.69) is 10.4 Å². The number of hydrogen-bond acceptors (Lipinski definition) is 3. The summed E-state index contributed by atoms with van der Waals surface area (Å²) in [5.41, 5.74) is -0.810. The van der Waals surface area contributed by atoms with Crippen LogP contribution in [-0.2, 0) is 16.1 Å². The fourth-order valence-corrected chi connectivity index (χ4v) is 2.28. The van der Waals surface area contributed by atoms with E-state index in [4.69, 9.17) is 0 Å². The Kier molecular flexibility index (Phi) is 3.59. The highest BCUT2D eigenvalue weighted by atomic mass is 16.2. The number of nitrogens with one attached hydrogen (secondary N) is 1. The van der Waals surface area contributed by atoms with Gasteiger partial charge in [-0.05, 0) is 26.3 Å². The molecule has 1 atom stereocenters. The molecule has 2 heterocycles. The zero-order valence-electron chi connectivity index (χ0n) is 11.6. The standard InChI is InChI=1S/C13H20N4O2/c1-4-10-11(18)17(13(2,3)12(19)15-10)9-8-16-7-5-6-14-16/h5-7,10H,4,8-9H2,1-3H3,(H,15,19). The molecule has 6 nitrogen and oxygen atoms in total. The van der Waals surface area contributed by atoms with E-state index >= 15 is 0 Å². The van der Waals surface area contributed by atoms with Crippen molar-refractivity contribution in [3.63, 3.8) is 0 Å². The SMILES string of the molecule is CCC1NC(=O)C(C)(C)N(CCn2cccn2)C1=O. The highest BCUT2D eigenvalue weighted by Crippen LogP contribution is 2.21. The van der Waals surface area contributed by atoms with Crippen molar-refractivity contribution < 1.29 is 9.59 Å². The van der Waals surface area contributed by atoms with Gasteiger partial charge in [0.1, 0.15) is 11.6 Å². The molecule has 104 valence electrons. The molecule has 2 rings (SSSR count). The molecular weight excluding hydrogens is 244 g/mol. The third-order valence-electron chi connectivity index (χ3n) is 3.62. The molecule has 1 aromatic heterocycles. The minimum atomic E-state index is -0.810. The van der Waals surface area contributed by atoms with Gasteiger partial charge in [-0.25, -0.2) is 0 Å². The number of amides is 2. The van der Waals surface area contributed by atoms with Gasteiger partial charge in [-0.15, -0.1) is 0 Å². The van der Waals surface area contributed by atoms with Crippen LogP contribution in [-0.4, -0.2) is 44.6 Å². The zero-order chi connectivity index (χ0) is 14.0. The fraction of sp³-hybridized carbons (Fsp3) is 0.615. The molecule has 0 radical (unpaired) electrons. The second-order valence-corrected chi connectivity index (χ2v) is 5.25. The predicted octanol–water partition coefficient (Wildman–Crippen LogP) is 0.399. The summed E-state index contributed by atoms with van der Waals surface area (Å²) in [7, 11) is 0. The maximum atomic E-state index is 12.4. The third kappa shape index (κ3) is 2.47. The lowest BCUT2D eigenvalue weighted by Crippen LogP contribution is -2.68. The Labute approximate surface area is 112 Å². The van der Waals surface area contributed by atoms with Crippen molar-refractivity contribution >= 4 is 11.8 Å². The molecule has 0 saturated carbocycles. The number of carbonyl (C=O) groups is 2. The first-order chi connectivity index (χ1) is 8.96. The van der Waals surface area contributed by atoms with Gasteiger partial charge in [-0.3, -0.25) is 14.3 Å². The average Bonchev–Trinajstić information content (AvgIpc) is 2.86. The number of carbonyl (C=O) groups excluding carboxylic acids is 2. The molecule has 6 heteroatoms. The van der Waals surface area contributed by atoms with Crippen molar-refractivity contribution in [1.29, 1.82) is 0 Å². The number of nitrogens with zero attached hydrogens (tertiary/aromatic N) is 3. The molecule has 0 aliphatic carbocycles. The Bertz CT molecular complexity index is 467. The van der Waals surface area contributed by atoms with Gasteiger partial charge in [0.2, 0.25) is 11.8 Å². The highest BCUT2D eigenvalue weighted by molar-refractivity contribution is 5.99. The van der Waals surface area contributed by atoms with E-state index < -0.39 is 11.6 Å². The third-order valence-corrected chi connectivity index (χ3v) is 3.62. The van der Waals surface area contributed by atoms with Crippen LogP contribution in [0.25, 0.3) is 0 Å². The highest BCUT2D eigenvalue weighted by Gasteiger charge is 2.45. The van der Waals surface area contributed by atoms with Crippen LogP contribution in [0.4, 0.5) is 0 Å². The summed E-state index contributed by atoms with van der Waals surface area (Å²) >= 11 is 0. The average molecular weight is 264 g/mol. The Morgan fingerprint density at radius 1 is 1.37 bits per heavy atom. The molecule has 1 unspecified atom stereocenters. The molecule has 0 spiro atoms. The van der Waals surface area contributed by atoms with E-state index in [1.54, 1.807) is 29.6 Å². The minimum Gasteiger partial charge on any atom is -0.342 e. The summed E-state index contributed by atoms with van der Waals surface area (Å²) < 4.78 is 1.76. The van der Waals surface area contributed by atoms with Gasteiger partial charge in [0.15, 0.2) is 0 Å². The smallest absolute Gasteiger partial charge is 0.246 e. The number of aromatic nitrogens is 2. The summed E-state index contributed by atoms with van der Waals surface area (Å²) in [6, 6.07) is 1.43. The van der Waals surface area contributed by atoms with Gasteiger partial charge in [-0.1, -0.05) is 6.92 Å². The number of rotatable bonds is 4. The molecule has 0 bridgehead atoms. The molecular formula is C13H20N4O2. The second-order valence-electron chi connectivity index (χ2n) is 5.25. The number of hydrogen-bond donors (Lipinski definition) is 1. The van der Waals surface area contributed by atoms with Crippen molar-refractivity contribution in [2.24, 2.45) is 0 Å². The summed E-state index contributed by atoms with van der Waals surface area (Å²) in [5, 5.41) is 6.89. The van der Waals surface area contributed by atoms with Gasteiger partial charge in [0.25, 0.3) is 0 Å². The van der Waals surface area contributed by atoms with Crippen LogP contribution in [0.2, 0.25) is 0 Å². The van der Waals surface area contributed by atoms with Crippen LogP contribution in [0, 0.1) is 0 Å². The summed E-state index contributed by atoms with van der Waals surface area (Å²) in [5.74, 6) is -0.112. The van der Waals surface area contributed by atoms with Crippen molar-refractivity contribution in [3.8, 4) is 0 Å². The number of piperazine rings is 1. The minimum absolute atomic E-state index is 0.0146. The normalized spacial score (nSPS) is 22.5. The molecule has 1 fully saturated rings. The van der Waals surface area contributed by atoms with Crippen LogP contribution in [0.15, 0.2) is 18.5 Å². The van der Waals surface area contributed by atoms with Crippen LogP contribution >= 0.6 is 0 Å². The first-order valence-corrected chi connectivity index (χ1v) is 6.56. The van der Waals surface area contributed by atoms with E-state index in [1.165, 1.54) is 0 Å². The lowest BCUT2D eigenvalue weighted by atomic mass is 9.95. The van der Waals surface area contributed by atoms with Gasteiger partial charge in [-0.2, -0.15) is 5.10 Å². The molecule has 1 N–H and O–H groups in total. The zero-order valence-corrected chi connectivity index (χ0v) is 11.6. The van der Waals surface area contributed by atoms with Crippen molar-refractivity contribution in [3.05, 3.63) is 18.5 Å². The van der Waals surface area contributed by atoms with Crippen LogP contribution in [0.3, 0.4) is 0 Å². The maximum Gasteiger partial charge on any atom is 0.246 e. The van der Waals surface area contributed by atoms with Crippen LogP contribution in [0.1, 0.15) is 27.2 Å². The van der Waals surface area contributed by atoms with Gasteiger partial charge in [0, 0.05) is 18.9 Å². The fourth-order valence-electron chi connectivity index (χ4n) is 2.28. The molecule has 0 aromatic carbocycles. The monoisotopic (exact) mass is 264 g/mol. The van der Waals surface area contributed by atoms with E-state index in [0.717, 1.165) is 0 Å². The van der Waals surface area contributed by atoms with Crippen LogP contribution in [0.5, 0.6) is 0 Å². The molecule has 1 aliphatic rings. The summed E-state index contributed by atoms with van der Waals surface area (Å²) in [6.45, 7) is 6.51. The van der Waals surface area contributed by atoms with Crippen molar-refractivity contribution in [1.82, 2.24) is 20.0 Å². The lowest BCUT2D eigenvalue weighted by Gasteiger charge is -2.44. The van der Waals surface area contributed by atoms with Gasteiger partial charge >= 0.3 is 0 Å². The first kappa shape index (κ1) is 13.6. The maximum absolute atomic E-state index is 12.4. The van der Waals surface area contributed by atoms with Gasteiger partial charge in [0.05, 0.1) is 6.54 Å². The van der Waals surface area contributed by atoms with Crippen molar-refractivity contribution in [2.45, 2.75) is 45.3 Å². The van der Waals surface area contributed by atoms with Crippen molar-refractivity contribution in [2.75, 3.05) is 6.54 Å². The van der Waals surface area contributed by atoms with Gasteiger partial charge < -0.3 is 10.2 Å². The van der Waals surface area contributed by atoms with E-state index in [9.17, 15) is 9.59 Å². The quantitative estimate of drug-likeness (QED) is 0.856. The Hall–Kier alpha value is -1.85. The Balaban J connectivity index is 2.13. The summed E-state index contributed by atoms with van der Waals surface area (Å²) in [4.78, 5) is 26.1. The predicted molar refractivity (Wildman–Crippen MR) is 70.2 cm³/mol. The topological polar surface area (TPSA) is 67.2 Å². The van der Waals surface area contributed by atoms with E-state index in [-0.39, 0.29) is 11.8 Å². The lowest BCUT2D eigenvalue weighted by molar-refractivity contribution is -0.155. The van der Waals surface area contributed by atoms with E-state index in [1.807, 2.05) is 19.2 Å². The first-order valence-electron chi connectivity index (χ1n) is 6.56. The molecule has 19 heavy (non-hydrogen) atoms. The largest absolute Gasteiger partial charge is 0.342 e. The Morgan fingerprint density at radius 3 is 2.68 bits per heavy atom.